The van der Waals surface area contributed by atoms with Gasteiger partial charge in [0.25, 0.3) is 5.91 Å². The summed E-state index contributed by atoms with van der Waals surface area (Å²) in [5.74, 6) is -0.0252. The number of hydrogen-bond acceptors (Lipinski definition) is 4. The van der Waals surface area contributed by atoms with Crippen molar-refractivity contribution in [1.29, 1.82) is 0 Å². The van der Waals surface area contributed by atoms with E-state index in [2.05, 4.69) is 15.5 Å². The van der Waals surface area contributed by atoms with Crippen LogP contribution in [-0.4, -0.2) is 62.0 Å². The van der Waals surface area contributed by atoms with Crippen molar-refractivity contribution in [3.8, 4) is 0 Å². The first-order valence-corrected chi connectivity index (χ1v) is 9.72. The number of piperidine rings is 1. The van der Waals surface area contributed by atoms with Crippen LogP contribution in [0.15, 0.2) is 24.3 Å². The number of hydrogen-bond donors (Lipinski definition) is 2. The molecule has 0 radical (unpaired) electrons. The SMILES string of the molecule is CCNC(=O)[C@@H]1C[C@H](NC(=O)c2ccc(N3CCCCC3)cc2)CN1C. The molecule has 0 aromatic heterocycles. The zero-order chi connectivity index (χ0) is 18.5. The fourth-order valence-corrected chi connectivity index (χ4v) is 3.95. The highest BCUT2D eigenvalue weighted by atomic mass is 16.2. The van der Waals surface area contributed by atoms with Crippen LogP contribution in [-0.2, 0) is 4.79 Å². The van der Waals surface area contributed by atoms with Crippen LogP contribution in [0, 0.1) is 0 Å². The fourth-order valence-electron chi connectivity index (χ4n) is 3.95. The Balaban J connectivity index is 1.55. The maximum Gasteiger partial charge on any atom is 0.251 e. The summed E-state index contributed by atoms with van der Waals surface area (Å²) in [4.78, 5) is 29.0. The molecule has 142 valence electrons. The third-order valence-corrected chi connectivity index (χ3v) is 5.39. The molecule has 1 aromatic carbocycles. The summed E-state index contributed by atoms with van der Waals surface area (Å²) in [6, 6.07) is 7.72. The minimum Gasteiger partial charge on any atom is -0.372 e. The molecular formula is C20H30N4O2. The predicted molar refractivity (Wildman–Crippen MR) is 103 cm³/mol. The number of likely N-dealkylation sites (tertiary alicyclic amines) is 1. The molecule has 2 amide bonds. The maximum atomic E-state index is 12.6. The summed E-state index contributed by atoms with van der Waals surface area (Å²) < 4.78 is 0. The van der Waals surface area contributed by atoms with Crippen LogP contribution in [0.2, 0.25) is 0 Å². The number of nitrogens with zero attached hydrogens (tertiary/aromatic N) is 2. The number of anilines is 1. The molecule has 0 unspecified atom stereocenters. The number of carbonyl (C=O) groups is 2. The van der Waals surface area contributed by atoms with Gasteiger partial charge in [0.2, 0.25) is 5.91 Å². The van der Waals surface area contributed by atoms with Crippen LogP contribution < -0.4 is 15.5 Å². The molecule has 2 saturated heterocycles. The molecule has 3 rings (SSSR count). The van der Waals surface area contributed by atoms with Crippen LogP contribution >= 0.6 is 0 Å². The molecule has 0 bridgehead atoms. The van der Waals surface area contributed by atoms with Crippen molar-refractivity contribution < 1.29 is 9.59 Å². The lowest BCUT2D eigenvalue weighted by Gasteiger charge is -2.28. The van der Waals surface area contributed by atoms with Crippen LogP contribution in [0.5, 0.6) is 0 Å². The van der Waals surface area contributed by atoms with Gasteiger partial charge in [-0.3, -0.25) is 14.5 Å². The van der Waals surface area contributed by atoms with Crippen molar-refractivity contribution in [1.82, 2.24) is 15.5 Å². The molecule has 2 N–H and O–H groups in total. The third kappa shape index (κ3) is 4.36. The Labute approximate surface area is 155 Å². The van der Waals surface area contributed by atoms with Gasteiger partial charge in [0.05, 0.1) is 6.04 Å². The normalized spacial score (nSPS) is 23.7. The number of amides is 2. The lowest BCUT2D eigenvalue weighted by molar-refractivity contribution is -0.124. The van der Waals surface area contributed by atoms with Gasteiger partial charge in [0, 0.05) is 43.5 Å². The smallest absolute Gasteiger partial charge is 0.251 e. The number of rotatable bonds is 5. The highest BCUT2D eigenvalue weighted by molar-refractivity contribution is 5.95. The van der Waals surface area contributed by atoms with E-state index in [4.69, 9.17) is 0 Å². The molecular weight excluding hydrogens is 328 g/mol. The van der Waals surface area contributed by atoms with E-state index in [9.17, 15) is 9.59 Å². The molecule has 2 aliphatic rings. The highest BCUT2D eigenvalue weighted by Crippen LogP contribution is 2.21. The minimum absolute atomic E-state index is 0.00174. The van der Waals surface area contributed by atoms with Gasteiger partial charge in [-0.15, -0.1) is 0 Å². The summed E-state index contributed by atoms with van der Waals surface area (Å²) in [6.07, 6.45) is 4.44. The van der Waals surface area contributed by atoms with Crippen molar-refractivity contribution in [2.45, 2.75) is 44.7 Å². The summed E-state index contributed by atoms with van der Waals surface area (Å²) in [5.41, 5.74) is 1.87. The second-order valence-electron chi connectivity index (χ2n) is 7.35. The van der Waals surface area contributed by atoms with Crippen LogP contribution in [0.1, 0.15) is 43.0 Å². The first kappa shape index (κ1) is 18.7. The van der Waals surface area contributed by atoms with Crippen LogP contribution in [0.25, 0.3) is 0 Å². The Morgan fingerprint density at radius 2 is 1.81 bits per heavy atom. The molecule has 0 saturated carbocycles. The Kier molecular flexibility index (Phi) is 6.14. The topological polar surface area (TPSA) is 64.7 Å². The standard InChI is InChI=1S/C20H30N4O2/c1-3-21-20(26)18-13-16(14-23(18)2)22-19(25)15-7-9-17(10-8-15)24-11-5-4-6-12-24/h7-10,16,18H,3-6,11-14H2,1-2H3,(H,21,26)(H,22,25)/t16-,18-/m0/s1. The van der Waals surface area contributed by atoms with Crippen molar-refractivity contribution in [3.63, 3.8) is 0 Å². The van der Waals surface area contributed by atoms with Gasteiger partial charge < -0.3 is 15.5 Å². The van der Waals surface area contributed by atoms with E-state index in [1.54, 1.807) is 0 Å². The predicted octanol–water partition coefficient (Wildman–Crippen LogP) is 1.62. The first-order chi connectivity index (χ1) is 12.6. The van der Waals surface area contributed by atoms with E-state index in [0.717, 1.165) is 13.1 Å². The second-order valence-corrected chi connectivity index (χ2v) is 7.35. The summed E-state index contributed by atoms with van der Waals surface area (Å²) in [7, 11) is 1.93. The zero-order valence-corrected chi connectivity index (χ0v) is 15.8. The Bertz CT molecular complexity index is 625. The average molecular weight is 358 g/mol. The van der Waals surface area contributed by atoms with Crippen LogP contribution in [0.3, 0.4) is 0 Å². The number of likely N-dealkylation sites (N-methyl/N-ethyl adjacent to an activating group) is 2. The minimum atomic E-state index is -0.165. The van der Waals surface area contributed by atoms with Crippen molar-refractivity contribution in [2.24, 2.45) is 0 Å². The molecule has 26 heavy (non-hydrogen) atoms. The van der Waals surface area contributed by atoms with Gasteiger partial charge in [-0.05, 0) is 63.9 Å². The van der Waals surface area contributed by atoms with E-state index in [1.165, 1.54) is 24.9 Å². The van der Waals surface area contributed by atoms with E-state index in [0.29, 0.717) is 25.1 Å². The van der Waals surface area contributed by atoms with Gasteiger partial charge in [-0.25, -0.2) is 0 Å². The number of benzene rings is 1. The van der Waals surface area contributed by atoms with Crippen molar-refractivity contribution in [3.05, 3.63) is 29.8 Å². The first-order valence-electron chi connectivity index (χ1n) is 9.72. The van der Waals surface area contributed by atoms with Crippen LogP contribution in [0.4, 0.5) is 5.69 Å². The lowest BCUT2D eigenvalue weighted by Crippen LogP contribution is -2.41. The van der Waals surface area contributed by atoms with Gasteiger partial charge in [0.1, 0.15) is 0 Å². The molecule has 6 nitrogen and oxygen atoms in total. The van der Waals surface area contributed by atoms with E-state index >= 15 is 0 Å². The third-order valence-electron chi connectivity index (χ3n) is 5.39. The monoisotopic (exact) mass is 358 g/mol. The molecule has 2 aliphatic heterocycles. The lowest BCUT2D eigenvalue weighted by atomic mass is 10.1. The van der Waals surface area contributed by atoms with Gasteiger partial charge >= 0.3 is 0 Å². The molecule has 1 aromatic rings. The zero-order valence-electron chi connectivity index (χ0n) is 15.8. The molecule has 0 spiro atoms. The molecule has 2 heterocycles. The van der Waals surface area contributed by atoms with Gasteiger partial charge in [-0.2, -0.15) is 0 Å². The Hall–Kier alpha value is -2.08. The number of carbonyl (C=O) groups excluding carboxylic acids is 2. The average Bonchev–Trinajstić information content (AvgIpc) is 3.03. The molecule has 2 fully saturated rings. The fraction of sp³-hybridized carbons (Fsp3) is 0.600. The Morgan fingerprint density at radius 1 is 1.12 bits per heavy atom. The van der Waals surface area contributed by atoms with Gasteiger partial charge in [0.15, 0.2) is 0 Å². The van der Waals surface area contributed by atoms with Gasteiger partial charge in [-0.1, -0.05) is 0 Å². The largest absolute Gasteiger partial charge is 0.372 e. The quantitative estimate of drug-likeness (QED) is 0.839. The van der Waals surface area contributed by atoms with E-state index < -0.39 is 0 Å². The summed E-state index contributed by atoms with van der Waals surface area (Å²) in [6.45, 7) is 5.44. The summed E-state index contributed by atoms with van der Waals surface area (Å²) >= 11 is 0. The molecule has 6 heteroatoms. The second kappa shape index (κ2) is 8.54. The van der Waals surface area contributed by atoms with Crippen molar-refractivity contribution in [2.75, 3.05) is 38.1 Å². The highest BCUT2D eigenvalue weighted by Gasteiger charge is 2.34. The number of nitrogens with one attached hydrogen (secondary N) is 2. The summed E-state index contributed by atoms with van der Waals surface area (Å²) in [5, 5.41) is 5.94. The molecule has 2 atom stereocenters. The maximum absolute atomic E-state index is 12.6. The molecule has 0 aliphatic carbocycles. The van der Waals surface area contributed by atoms with Crippen molar-refractivity contribution >= 4 is 17.5 Å². The van der Waals surface area contributed by atoms with E-state index in [-0.39, 0.29) is 23.9 Å². The van der Waals surface area contributed by atoms with E-state index in [1.807, 2.05) is 43.1 Å². The Morgan fingerprint density at radius 3 is 2.46 bits per heavy atom.